The second-order valence-corrected chi connectivity index (χ2v) is 6.49. The highest BCUT2D eigenvalue weighted by molar-refractivity contribution is 5.94. The van der Waals surface area contributed by atoms with Gasteiger partial charge in [-0.3, -0.25) is 4.79 Å². The Hall–Kier alpha value is -2.53. The van der Waals surface area contributed by atoms with Crippen molar-refractivity contribution in [3.8, 4) is 11.5 Å². The van der Waals surface area contributed by atoms with Crippen molar-refractivity contribution in [1.29, 1.82) is 0 Å². The monoisotopic (exact) mass is 341 g/mol. The van der Waals surface area contributed by atoms with Crippen LogP contribution in [0.4, 0.5) is 0 Å². The van der Waals surface area contributed by atoms with E-state index in [4.69, 9.17) is 9.47 Å². The van der Waals surface area contributed by atoms with Gasteiger partial charge in [0.25, 0.3) is 5.91 Å². The van der Waals surface area contributed by atoms with Crippen LogP contribution in [-0.4, -0.2) is 48.3 Å². The third kappa shape index (κ3) is 3.94. The molecule has 0 unspecified atom stereocenters. The van der Waals surface area contributed by atoms with Crippen molar-refractivity contribution in [3.05, 3.63) is 59.7 Å². The molecule has 2 aromatic rings. The number of nitrogens with zero attached hydrogens (tertiary/aromatic N) is 1. The quantitative estimate of drug-likeness (QED) is 0.908. The van der Waals surface area contributed by atoms with Crippen molar-refractivity contribution >= 4 is 5.91 Å². The fraction of sp³-hybridized carbons (Fsp3) is 0.350. The molecule has 5 heteroatoms. The van der Waals surface area contributed by atoms with Gasteiger partial charge in [-0.05, 0) is 43.2 Å². The van der Waals surface area contributed by atoms with Crippen molar-refractivity contribution in [2.45, 2.75) is 18.9 Å². The predicted octanol–water partition coefficient (Wildman–Crippen LogP) is 2.66. The maximum absolute atomic E-state index is 12.6. The lowest BCUT2D eigenvalue weighted by atomic mass is 10.1. The first-order chi connectivity index (χ1) is 12.0. The third-order valence-corrected chi connectivity index (χ3v) is 4.53. The zero-order valence-electron chi connectivity index (χ0n) is 14.6. The second kappa shape index (κ2) is 7.15. The average molecular weight is 341 g/mol. The van der Waals surface area contributed by atoms with Gasteiger partial charge < -0.3 is 19.5 Å². The van der Waals surface area contributed by atoms with E-state index in [0.717, 1.165) is 11.3 Å². The molecule has 0 bridgehead atoms. The van der Waals surface area contributed by atoms with Crippen LogP contribution in [0.25, 0.3) is 0 Å². The van der Waals surface area contributed by atoms with Gasteiger partial charge in [-0.15, -0.1) is 0 Å². The van der Waals surface area contributed by atoms with E-state index < -0.39 is 5.60 Å². The molecular formula is C20H23NO4. The lowest BCUT2D eigenvalue weighted by Gasteiger charge is -2.24. The minimum Gasteiger partial charge on any atom is -0.497 e. The highest BCUT2D eigenvalue weighted by atomic mass is 16.5. The number of carbonyl (C=O) groups excluding carboxylic acids is 1. The Morgan fingerprint density at radius 1 is 1.24 bits per heavy atom. The zero-order chi connectivity index (χ0) is 17.9. The summed E-state index contributed by atoms with van der Waals surface area (Å²) in [5.41, 5.74) is 0.549. The molecule has 1 atom stereocenters. The molecule has 25 heavy (non-hydrogen) atoms. The first kappa shape index (κ1) is 17.3. The molecule has 1 N–H and O–H groups in total. The largest absolute Gasteiger partial charge is 0.497 e. The molecule has 0 radical (unpaired) electrons. The Morgan fingerprint density at radius 2 is 2.04 bits per heavy atom. The van der Waals surface area contributed by atoms with Crippen LogP contribution in [0.3, 0.4) is 0 Å². The molecule has 1 heterocycles. The summed E-state index contributed by atoms with van der Waals surface area (Å²) in [6.07, 6.45) is 0.495. The molecule has 3 rings (SSSR count). The summed E-state index contributed by atoms with van der Waals surface area (Å²) in [6, 6.07) is 14.7. The van der Waals surface area contributed by atoms with Gasteiger partial charge in [-0.25, -0.2) is 0 Å². The Kier molecular flexibility index (Phi) is 4.95. The van der Waals surface area contributed by atoms with E-state index in [1.807, 2.05) is 31.2 Å². The normalized spacial score (nSPS) is 19.7. The number of para-hydroxylation sites is 1. The number of β-amino-alcohol motifs (C(OH)–C–C–N with tert-alkyl or cyclic N) is 1. The standard InChI is InChI=1S/C20H23NO4/c1-15-6-3-4-9-18(15)25-14-20(23)10-11-21(13-20)19(22)16-7-5-8-17(12-16)24-2/h3-9,12,23H,10-11,13-14H2,1-2H3/t20-/m0/s1. The minimum absolute atomic E-state index is 0.106. The average Bonchev–Trinajstić information content (AvgIpc) is 3.03. The van der Waals surface area contributed by atoms with E-state index in [1.165, 1.54) is 0 Å². The third-order valence-electron chi connectivity index (χ3n) is 4.53. The molecule has 0 aromatic heterocycles. The number of benzene rings is 2. The van der Waals surface area contributed by atoms with Gasteiger partial charge in [0.1, 0.15) is 23.7 Å². The van der Waals surface area contributed by atoms with Crippen LogP contribution in [0.1, 0.15) is 22.3 Å². The maximum Gasteiger partial charge on any atom is 0.254 e. The van der Waals surface area contributed by atoms with Crippen molar-refractivity contribution < 1.29 is 19.4 Å². The van der Waals surface area contributed by atoms with Crippen molar-refractivity contribution in [2.24, 2.45) is 0 Å². The Balaban J connectivity index is 1.63. The molecule has 1 saturated heterocycles. The maximum atomic E-state index is 12.6. The van der Waals surface area contributed by atoms with Crippen molar-refractivity contribution in [3.63, 3.8) is 0 Å². The topological polar surface area (TPSA) is 59.0 Å². The van der Waals surface area contributed by atoms with E-state index >= 15 is 0 Å². The molecule has 1 aliphatic rings. The molecule has 1 aliphatic heterocycles. The lowest BCUT2D eigenvalue weighted by Crippen LogP contribution is -2.40. The number of methoxy groups -OCH3 is 1. The van der Waals surface area contributed by atoms with Gasteiger partial charge in [0.15, 0.2) is 0 Å². The molecule has 132 valence electrons. The summed E-state index contributed by atoms with van der Waals surface area (Å²) in [7, 11) is 1.57. The number of carbonyl (C=O) groups is 1. The number of likely N-dealkylation sites (tertiary alicyclic amines) is 1. The van der Waals surface area contributed by atoms with Crippen LogP contribution >= 0.6 is 0 Å². The summed E-state index contributed by atoms with van der Waals surface area (Å²) >= 11 is 0. The van der Waals surface area contributed by atoms with Crippen LogP contribution in [0.5, 0.6) is 11.5 Å². The molecule has 1 fully saturated rings. The van der Waals surface area contributed by atoms with E-state index in [0.29, 0.717) is 24.3 Å². The van der Waals surface area contributed by atoms with E-state index in [2.05, 4.69) is 0 Å². The second-order valence-electron chi connectivity index (χ2n) is 6.49. The van der Waals surface area contributed by atoms with Gasteiger partial charge in [-0.1, -0.05) is 24.3 Å². The van der Waals surface area contributed by atoms with Gasteiger partial charge in [0.05, 0.1) is 13.7 Å². The zero-order valence-corrected chi connectivity index (χ0v) is 14.6. The van der Waals surface area contributed by atoms with Crippen LogP contribution in [-0.2, 0) is 0 Å². The molecule has 0 spiro atoms. The Labute approximate surface area is 147 Å². The van der Waals surface area contributed by atoms with Gasteiger partial charge in [0, 0.05) is 12.1 Å². The summed E-state index contributed by atoms with van der Waals surface area (Å²) in [4.78, 5) is 14.3. The SMILES string of the molecule is COc1cccc(C(=O)N2CC[C@@](O)(COc3ccccc3C)C2)c1. The number of hydrogen-bond acceptors (Lipinski definition) is 4. The van der Waals surface area contributed by atoms with Crippen molar-refractivity contribution in [2.75, 3.05) is 26.8 Å². The summed E-state index contributed by atoms with van der Waals surface area (Å²) in [6.45, 7) is 2.89. The molecule has 1 amide bonds. The first-order valence-corrected chi connectivity index (χ1v) is 8.35. The molecular weight excluding hydrogens is 318 g/mol. The predicted molar refractivity (Wildman–Crippen MR) is 95.1 cm³/mol. The number of aliphatic hydroxyl groups is 1. The van der Waals surface area contributed by atoms with E-state index in [9.17, 15) is 9.90 Å². The highest BCUT2D eigenvalue weighted by Gasteiger charge is 2.39. The van der Waals surface area contributed by atoms with Crippen LogP contribution in [0.15, 0.2) is 48.5 Å². The smallest absolute Gasteiger partial charge is 0.254 e. The van der Waals surface area contributed by atoms with E-state index in [-0.39, 0.29) is 19.1 Å². The summed E-state index contributed by atoms with van der Waals surface area (Å²) in [5, 5.41) is 10.8. The van der Waals surface area contributed by atoms with Crippen LogP contribution in [0.2, 0.25) is 0 Å². The van der Waals surface area contributed by atoms with Gasteiger partial charge in [0.2, 0.25) is 0 Å². The number of rotatable bonds is 5. The Morgan fingerprint density at radius 3 is 2.80 bits per heavy atom. The van der Waals surface area contributed by atoms with Crippen molar-refractivity contribution in [1.82, 2.24) is 4.90 Å². The molecule has 5 nitrogen and oxygen atoms in total. The number of hydrogen-bond donors (Lipinski definition) is 1. The molecule has 0 saturated carbocycles. The molecule has 0 aliphatic carbocycles. The van der Waals surface area contributed by atoms with Gasteiger partial charge in [-0.2, -0.15) is 0 Å². The fourth-order valence-electron chi connectivity index (χ4n) is 3.02. The lowest BCUT2D eigenvalue weighted by molar-refractivity contribution is 0.00413. The summed E-state index contributed by atoms with van der Waals surface area (Å²) in [5.74, 6) is 1.29. The number of amides is 1. The first-order valence-electron chi connectivity index (χ1n) is 8.35. The fourth-order valence-corrected chi connectivity index (χ4v) is 3.02. The summed E-state index contributed by atoms with van der Waals surface area (Å²) < 4.78 is 11.0. The highest BCUT2D eigenvalue weighted by Crippen LogP contribution is 2.26. The minimum atomic E-state index is -1.03. The van der Waals surface area contributed by atoms with E-state index in [1.54, 1.807) is 36.3 Å². The number of ether oxygens (including phenoxy) is 2. The van der Waals surface area contributed by atoms with Crippen LogP contribution in [0, 0.1) is 6.92 Å². The van der Waals surface area contributed by atoms with Gasteiger partial charge >= 0.3 is 0 Å². The molecule has 2 aromatic carbocycles. The Bertz CT molecular complexity index is 761. The number of aryl methyl sites for hydroxylation is 1. The van der Waals surface area contributed by atoms with Crippen LogP contribution < -0.4 is 9.47 Å².